The summed E-state index contributed by atoms with van der Waals surface area (Å²) in [6.07, 6.45) is 0. The number of nitrogens with zero attached hydrogens (tertiary/aromatic N) is 2. The van der Waals surface area contributed by atoms with E-state index in [2.05, 4.69) is 5.32 Å². The topological polar surface area (TPSA) is 119 Å². The number of carbonyl (C=O) groups is 1. The van der Waals surface area contributed by atoms with Crippen molar-refractivity contribution in [3.05, 3.63) is 129 Å². The van der Waals surface area contributed by atoms with Crippen molar-refractivity contribution in [2.75, 3.05) is 19.5 Å². The summed E-state index contributed by atoms with van der Waals surface area (Å²) in [6, 6.07) is 17.0. The lowest BCUT2D eigenvalue weighted by Gasteiger charge is -2.32. The van der Waals surface area contributed by atoms with Gasteiger partial charge in [0.05, 0.1) is 28.9 Å². The Balaban J connectivity index is 1.90. The first-order valence-corrected chi connectivity index (χ1v) is 14.2. The van der Waals surface area contributed by atoms with E-state index in [1.54, 1.807) is 19.1 Å². The maximum atomic E-state index is 14.2. The Labute approximate surface area is 245 Å². The first-order chi connectivity index (χ1) is 20.3. The largest absolute Gasteiger partial charge is 0.497 e. The number of aryl methyl sites for hydroxylation is 1. The third-order valence-electron chi connectivity index (χ3n) is 6.83. The van der Waals surface area contributed by atoms with Gasteiger partial charge in [-0.1, -0.05) is 42.0 Å². The molecule has 13 heteroatoms. The molecule has 0 bridgehead atoms. The van der Waals surface area contributed by atoms with Crippen molar-refractivity contribution >= 4 is 27.3 Å². The summed E-state index contributed by atoms with van der Waals surface area (Å²) in [6.45, 7) is 1.77. The Morgan fingerprint density at radius 1 is 0.907 bits per heavy atom. The predicted molar refractivity (Wildman–Crippen MR) is 153 cm³/mol. The minimum absolute atomic E-state index is 0.148. The molecule has 224 valence electrons. The van der Waals surface area contributed by atoms with Crippen molar-refractivity contribution < 1.29 is 36.0 Å². The van der Waals surface area contributed by atoms with Crippen LogP contribution >= 0.6 is 0 Å². The number of sulfonamides is 1. The van der Waals surface area contributed by atoms with Gasteiger partial charge < -0.3 is 10.1 Å². The number of amides is 1. The van der Waals surface area contributed by atoms with Crippen LogP contribution in [0.1, 0.15) is 28.7 Å². The van der Waals surface area contributed by atoms with Crippen LogP contribution in [0, 0.1) is 34.5 Å². The van der Waals surface area contributed by atoms with E-state index in [4.69, 9.17) is 4.74 Å². The highest BCUT2D eigenvalue weighted by atomic mass is 32.2. The van der Waals surface area contributed by atoms with E-state index in [1.165, 1.54) is 55.6 Å². The van der Waals surface area contributed by atoms with Crippen molar-refractivity contribution in [1.82, 2.24) is 4.31 Å². The molecule has 1 N–H and O–H groups in total. The van der Waals surface area contributed by atoms with E-state index in [9.17, 15) is 36.5 Å². The first kappa shape index (κ1) is 31.0. The molecule has 0 aliphatic rings. The number of nitro groups is 1. The van der Waals surface area contributed by atoms with Gasteiger partial charge in [-0.2, -0.15) is 0 Å². The van der Waals surface area contributed by atoms with Crippen LogP contribution in [0.3, 0.4) is 0 Å². The number of hydrogen-bond acceptors (Lipinski definition) is 7. The van der Waals surface area contributed by atoms with Gasteiger partial charge in [0.2, 0.25) is 5.91 Å². The number of halogens is 3. The second-order valence-corrected chi connectivity index (χ2v) is 11.6. The van der Waals surface area contributed by atoms with Crippen LogP contribution in [0.2, 0.25) is 0 Å². The number of hydrogen-bond donors (Lipinski definition) is 1. The minimum atomic E-state index is -4.37. The van der Waals surface area contributed by atoms with Crippen LogP contribution in [0.25, 0.3) is 0 Å². The first-order valence-electron chi connectivity index (χ1n) is 12.7. The third kappa shape index (κ3) is 6.61. The molecule has 2 atom stereocenters. The molecular formula is C30H26F3N3O6S. The van der Waals surface area contributed by atoms with Gasteiger partial charge in [0.25, 0.3) is 15.7 Å². The lowest BCUT2D eigenvalue weighted by molar-refractivity contribution is -0.384. The van der Waals surface area contributed by atoms with Crippen molar-refractivity contribution in [3.63, 3.8) is 0 Å². The molecule has 0 fully saturated rings. The summed E-state index contributed by atoms with van der Waals surface area (Å²) in [5, 5.41) is 14.1. The van der Waals surface area contributed by atoms with E-state index in [0.717, 1.165) is 24.7 Å². The van der Waals surface area contributed by atoms with Gasteiger partial charge in [0.15, 0.2) is 17.5 Å². The van der Waals surface area contributed by atoms with E-state index < -0.39 is 50.3 Å². The van der Waals surface area contributed by atoms with Crippen LogP contribution in [0.5, 0.6) is 5.75 Å². The molecule has 0 radical (unpaired) electrons. The molecule has 0 heterocycles. The van der Waals surface area contributed by atoms with Crippen molar-refractivity contribution in [2.24, 2.45) is 0 Å². The molecule has 0 unspecified atom stereocenters. The summed E-state index contributed by atoms with van der Waals surface area (Å²) in [5.74, 6) is -6.62. The van der Waals surface area contributed by atoms with Gasteiger partial charge in [-0.25, -0.2) is 25.9 Å². The summed E-state index contributed by atoms with van der Waals surface area (Å²) < 4.78 is 75.0. The Morgan fingerprint density at radius 2 is 1.44 bits per heavy atom. The van der Waals surface area contributed by atoms with Crippen LogP contribution in [0.15, 0.2) is 89.8 Å². The summed E-state index contributed by atoms with van der Waals surface area (Å²) >= 11 is 0. The number of nitrogens with one attached hydrogen (secondary N) is 1. The van der Waals surface area contributed by atoms with Crippen LogP contribution in [-0.4, -0.2) is 37.7 Å². The SMILES string of the molecule is COc1ccc([C@@H](C(=O)N(C)S(=O)(=O)c2ccc(C)cc2)[C@H](Nc2cc(F)c(F)c(F)c2)c2ccc([N+](=O)[O-])cc2)cc1. The minimum Gasteiger partial charge on any atom is -0.497 e. The van der Waals surface area contributed by atoms with Gasteiger partial charge in [0.1, 0.15) is 5.75 Å². The average Bonchev–Trinajstić information content (AvgIpc) is 2.99. The number of rotatable bonds is 10. The quantitative estimate of drug-likeness (QED) is 0.130. The van der Waals surface area contributed by atoms with Crippen LogP contribution in [0.4, 0.5) is 24.5 Å². The van der Waals surface area contributed by atoms with E-state index in [0.29, 0.717) is 22.2 Å². The molecule has 0 saturated heterocycles. The second kappa shape index (κ2) is 12.5. The Hall–Kier alpha value is -4.91. The van der Waals surface area contributed by atoms with Gasteiger partial charge in [-0.05, 0) is 42.3 Å². The molecule has 43 heavy (non-hydrogen) atoms. The van der Waals surface area contributed by atoms with E-state index in [-0.39, 0.29) is 27.4 Å². The Morgan fingerprint density at radius 3 is 1.95 bits per heavy atom. The maximum Gasteiger partial charge on any atom is 0.269 e. The second-order valence-electron chi connectivity index (χ2n) is 9.60. The molecule has 0 aliphatic heterocycles. The number of benzene rings is 4. The molecular weight excluding hydrogens is 587 g/mol. The predicted octanol–water partition coefficient (Wildman–Crippen LogP) is 6.11. The fraction of sp³-hybridized carbons (Fsp3) is 0.167. The lowest BCUT2D eigenvalue weighted by atomic mass is 9.85. The van der Waals surface area contributed by atoms with Gasteiger partial charge in [-0.15, -0.1) is 0 Å². The van der Waals surface area contributed by atoms with Crippen molar-refractivity contribution in [3.8, 4) is 5.75 Å². The fourth-order valence-corrected chi connectivity index (χ4v) is 5.60. The smallest absolute Gasteiger partial charge is 0.269 e. The molecule has 4 rings (SSSR count). The third-order valence-corrected chi connectivity index (χ3v) is 8.60. The van der Waals surface area contributed by atoms with Crippen molar-refractivity contribution in [1.29, 1.82) is 0 Å². The van der Waals surface area contributed by atoms with Gasteiger partial charge in [0, 0.05) is 37.0 Å². The highest BCUT2D eigenvalue weighted by molar-refractivity contribution is 7.89. The maximum absolute atomic E-state index is 14.2. The number of likely N-dealkylation sites (N-methyl/N-ethyl adjacent to an activating group) is 1. The van der Waals surface area contributed by atoms with Crippen LogP contribution < -0.4 is 10.1 Å². The van der Waals surface area contributed by atoms with Crippen LogP contribution in [-0.2, 0) is 14.8 Å². The molecule has 9 nitrogen and oxygen atoms in total. The standard InChI is InChI=1S/C30H26F3N3O6S/c1-18-4-14-24(15-5-18)43(40,41)35(2)30(37)27(19-8-12-23(42-3)13-9-19)29(20-6-10-22(11-7-20)36(38)39)34-21-16-25(31)28(33)26(32)17-21/h4-17,27,29,34H,1-3H3/t27-,29-/m1/s1. The molecule has 0 aromatic heterocycles. The number of ether oxygens (including phenoxy) is 1. The summed E-state index contributed by atoms with van der Waals surface area (Å²) in [4.78, 5) is 24.7. The zero-order chi connectivity index (χ0) is 31.5. The molecule has 0 aliphatic carbocycles. The van der Waals surface area contributed by atoms with E-state index >= 15 is 0 Å². The average molecular weight is 614 g/mol. The summed E-state index contributed by atoms with van der Waals surface area (Å²) in [7, 11) is -1.86. The normalized spacial score (nSPS) is 12.7. The zero-order valence-corrected chi connectivity index (χ0v) is 23.9. The zero-order valence-electron chi connectivity index (χ0n) is 23.1. The molecule has 0 spiro atoms. The van der Waals surface area contributed by atoms with E-state index in [1.807, 2.05) is 0 Å². The molecule has 4 aromatic rings. The molecule has 4 aromatic carbocycles. The number of anilines is 1. The number of methoxy groups -OCH3 is 1. The number of non-ortho nitro benzene ring substituents is 1. The number of nitro benzene ring substituents is 1. The van der Waals surface area contributed by atoms with Gasteiger partial charge >= 0.3 is 0 Å². The monoisotopic (exact) mass is 613 g/mol. The fourth-order valence-electron chi connectivity index (χ4n) is 4.45. The lowest BCUT2D eigenvalue weighted by Crippen LogP contribution is -2.40. The Bertz CT molecular complexity index is 1730. The highest BCUT2D eigenvalue weighted by Crippen LogP contribution is 2.38. The molecule has 0 saturated carbocycles. The summed E-state index contributed by atoms with van der Waals surface area (Å²) in [5.41, 5.74) is 0.759. The Kier molecular flexibility index (Phi) is 9.04. The van der Waals surface area contributed by atoms with Gasteiger partial charge in [-0.3, -0.25) is 14.9 Å². The van der Waals surface area contributed by atoms with Crippen molar-refractivity contribution in [2.45, 2.75) is 23.8 Å². The highest BCUT2D eigenvalue weighted by Gasteiger charge is 2.38. The number of carbonyl (C=O) groups excluding carboxylic acids is 1. The molecule has 1 amide bonds.